The van der Waals surface area contributed by atoms with E-state index >= 15 is 0 Å². The van der Waals surface area contributed by atoms with Crippen LogP contribution in [-0.4, -0.2) is 15.0 Å². The SMILES string of the molecule is Cc1cc(C2(c3cc(C)c(-c4ccc5ccc6cccnc6c5n4)cc3C)c3ccccc3-c3ccccc32)c(C)cc1C1=CC=C2C=Cc3cccnc3C2N1. The lowest BCUT2D eigenvalue weighted by atomic mass is 9.64. The molecule has 11 rings (SSSR count). The van der Waals surface area contributed by atoms with Gasteiger partial charge in [-0.2, -0.15) is 0 Å². The summed E-state index contributed by atoms with van der Waals surface area (Å²) in [6, 6.07) is 44.6. The number of hydrogen-bond donors (Lipinski definition) is 1. The molecule has 1 unspecified atom stereocenters. The highest BCUT2D eigenvalue weighted by Gasteiger charge is 2.48. The second kappa shape index (κ2) is 12.6. The molecule has 3 aromatic heterocycles. The van der Waals surface area contributed by atoms with Crippen molar-refractivity contribution in [3.63, 3.8) is 0 Å². The van der Waals surface area contributed by atoms with Gasteiger partial charge >= 0.3 is 0 Å². The van der Waals surface area contributed by atoms with Gasteiger partial charge in [0.1, 0.15) is 0 Å². The number of benzene rings is 5. The first-order chi connectivity index (χ1) is 27.9. The topological polar surface area (TPSA) is 50.7 Å². The van der Waals surface area contributed by atoms with Crippen LogP contribution in [0.1, 0.15) is 67.4 Å². The Labute approximate surface area is 333 Å². The minimum Gasteiger partial charge on any atom is -0.372 e. The lowest BCUT2D eigenvalue weighted by molar-refractivity contribution is 0.703. The molecule has 4 heteroatoms. The van der Waals surface area contributed by atoms with Gasteiger partial charge in [-0.15, -0.1) is 0 Å². The zero-order valence-corrected chi connectivity index (χ0v) is 32.4. The Morgan fingerprint density at radius 2 is 1.14 bits per heavy atom. The summed E-state index contributed by atoms with van der Waals surface area (Å²) in [4.78, 5) is 14.8. The fourth-order valence-corrected chi connectivity index (χ4v) is 9.95. The van der Waals surface area contributed by atoms with Gasteiger partial charge in [0.2, 0.25) is 0 Å². The standard InChI is InChI=1S/C53H40N4/c1-31-29-45(33(3)27-41(31)47-23-21-37-19-17-35-11-9-25-54-49(35)51(37)56-47)53(43-15-7-5-13-39(43)40-14-6-8-16-44(40)53)46-30-32(2)42(28-34(46)4)48-24-22-38-20-18-36-12-10-26-55-50(36)52(38)57-48/h5-30,51,56H,1-4H3. The van der Waals surface area contributed by atoms with E-state index in [1.54, 1.807) is 0 Å². The van der Waals surface area contributed by atoms with Crippen LogP contribution in [0.25, 0.3) is 56.0 Å². The third kappa shape index (κ3) is 4.90. The molecule has 0 amide bonds. The van der Waals surface area contributed by atoms with Crippen LogP contribution in [0.4, 0.5) is 0 Å². The van der Waals surface area contributed by atoms with Gasteiger partial charge in [0.25, 0.3) is 0 Å². The monoisotopic (exact) mass is 732 g/mol. The molecule has 0 radical (unpaired) electrons. The molecule has 4 heterocycles. The summed E-state index contributed by atoms with van der Waals surface area (Å²) < 4.78 is 0. The number of allylic oxidation sites excluding steroid dienone is 2. The van der Waals surface area contributed by atoms with Crippen LogP contribution in [-0.2, 0) is 5.41 Å². The second-order valence-electron chi connectivity index (χ2n) is 15.8. The van der Waals surface area contributed by atoms with E-state index in [-0.39, 0.29) is 6.04 Å². The summed E-state index contributed by atoms with van der Waals surface area (Å²) in [5, 5.41) is 6.08. The number of nitrogens with one attached hydrogen (secondary N) is 1. The van der Waals surface area contributed by atoms with Crippen LogP contribution in [0, 0.1) is 27.7 Å². The smallest absolute Gasteiger partial charge is 0.0972 e. The molecule has 4 nitrogen and oxygen atoms in total. The zero-order valence-electron chi connectivity index (χ0n) is 32.4. The largest absolute Gasteiger partial charge is 0.372 e. The molecule has 0 saturated heterocycles. The maximum absolute atomic E-state index is 5.28. The van der Waals surface area contributed by atoms with Crippen molar-refractivity contribution in [3.05, 3.63) is 219 Å². The van der Waals surface area contributed by atoms with Crippen molar-refractivity contribution >= 4 is 33.6 Å². The Kier molecular flexibility index (Phi) is 7.36. The third-order valence-corrected chi connectivity index (χ3v) is 12.6. The van der Waals surface area contributed by atoms with Gasteiger partial charge in [-0.3, -0.25) is 9.97 Å². The van der Waals surface area contributed by atoms with E-state index in [0.717, 1.165) is 50.0 Å². The Bertz CT molecular complexity index is 3060. The van der Waals surface area contributed by atoms with Crippen molar-refractivity contribution in [1.82, 2.24) is 20.3 Å². The molecule has 0 saturated carbocycles. The van der Waals surface area contributed by atoms with E-state index in [1.807, 2.05) is 24.5 Å². The Hall–Kier alpha value is -6.91. The molecular formula is C53H40N4. The van der Waals surface area contributed by atoms with Gasteiger partial charge in [0.15, 0.2) is 0 Å². The summed E-state index contributed by atoms with van der Waals surface area (Å²) in [5.74, 6) is 0. The Morgan fingerprint density at radius 3 is 1.89 bits per heavy atom. The van der Waals surface area contributed by atoms with Crippen molar-refractivity contribution in [1.29, 1.82) is 0 Å². The van der Waals surface area contributed by atoms with Gasteiger partial charge < -0.3 is 5.32 Å². The summed E-state index contributed by atoms with van der Waals surface area (Å²) in [7, 11) is 0. The molecule has 57 heavy (non-hydrogen) atoms. The highest BCUT2D eigenvalue weighted by atomic mass is 15.0. The molecule has 3 aliphatic rings. The highest BCUT2D eigenvalue weighted by Crippen LogP contribution is 2.58. The first kappa shape index (κ1) is 33.4. The number of pyridine rings is 3. The fraction of sp³-hybridized carbons (Fsp3) is 0.113. The maximum atomic E-state index is 5.28. The summed E-state index contributed by atoms with van der Waals surface area (Å²) in [6.07, 6.45) is 12.6. The van der Waals surface area contributed by atoms with Gasteiger partial charge in [-0.1, -0.05) is 109 Å². The van der Waals surface area contributed by atoms with Crippen LogP contribution in [0.15, 0.2) is 158 Å². The first-order valence-electron chi connectivity index (χ1n) is 19.8. The molecule has 2 aliphatic carbocycles. The summed E-state index contributed by atoms with van der Waals surface area (Å²) in [6.45, 7) is 9.08. The average Bonchev–Trinajstić information content (AvgIpc) is 3.55. The summed E-state index contributed by atoms with van der Waals surface area (Å²) >= 11 is 0. The van der Waals surface area contributed by atoms with Crippen molar-refractivity contribution < 1.29 is 0 Å². The molecule has 5 aromatic carbocycles. The second-order valence-corrected chi connectivity index (χ2v) is 15.8. The van der Waals surface area contributed by atoms with Crippen molar-refractivity contribution in [2.75, 3.05) is 0 Å². The number of aryl methyl sites for hydroxylation is 4. The minimum absolute atomic E-state index is 0.0155. The molecule has 8 aromatic rings. The van der Waals surface area contributed by atoms with Crippen LogP contribution in [0.3, 0.4) is 0 Å². The van der Waals surface area contributed by atoms with Gasteiger partial charge in [-0.25, -0.2) is 4.98 Å². The predicted octanol–water partition coefficient (Wildman–Crippen LogP) is 12.1. The molecule has 1 aliphatic heterocycles. The number of aromatic nitrogens is 3. The Morgan fingerprint density at radius 1 is 0.509 bits per heavy atom. The third-order valence-electron chi connectivity index (χ3n) is 12.6. The van der Waals surface area contributed by atoms with Crippen molar-refractivity contribution in [2.24, 2.45) is 0 Å². The van der Waals surface area contributed by atoms with E-state index in [9.17, 15) is 0 Å². The number of nitrogens with zero attached hydrogens (tertiary/aromatic N) is 3. The molecule has 272 valence electrons. The van der Waals surface area contributed by atoms with Crippen LogP contribution in [0.5, 0.6) is 0 Å². The molecule has 1 atom stereocenters. The first-order valence-corrected chi connectivity index (χ1v) is 19.8. The van der Waals surface area contributed by atoms with Gasteiger partial charge in [0, 0.05) is 40.0 Å². The molecule has 0 spiro atoms. The van der Waals surface area contributed by atoms with E-state index in [2.05, 4.69) is 167 Å². The molecule has 0 bridgehead atoms. The number of fused-ring (bicyclic) bond motifs is 9. The minimum atomic E-state index is -0.538. The predicted molar refractivity (Wildman–Crippen MR) is 234 cm³/mol. The molecular weight excluding hydrogens is 693 g/mol. The lowest BCUT2D eigenvalue weighted by Gasteiger charge is -2.37. The van der Waals surface area contributed by atoms with Crippen molar-refractivity contribution in [3.8, 4) is 22.4 Å². The molecule has 0 fully saturated rings. The highest BCUT2D eigenvalue weighted by molar-refractivity contribution is 6.03. The number of hydrogen-bond acceptors (Lipinski definition) is 4. The van der Waals surface area contributed by atoms with Crippen LogP contribution < -0.4 is 5.32 Å². The quantitative estimate of drug-likeness (QED) is 0.183. The van der Waals surface area contributed by atoms with Gasteiger partial charge in [-0.05, 0) is 131 Å². The zero-order chi connectivity index (χ0) is 38.4. The maximum Gasteiger partial charge on any atom is 0.0972 e. The number of rotatable bonds is 4. The molecule has 1 N–H and O–H groups in total. The van der Waals surface area contributed by atoms with Gasteiger partial charge in [0.05, 0.1) is 33.9 Å². The fourth-order valence-electron chi connectivity index (χ4n) is 9.95. The normalized spacial score (nSPS) is 16.0. The van der Waals surface area contributed by atoms with Crippen LogP contribution in [0.2, 0.25) is 0 Å². The van der Waals surface area contributed by atoms with Crippen molar-refractivity contribution in [2.45, 2.75) is 39.2 Å². The van der Waals surface area contributed by atoms with E-state index in [4.69, 9.17) is 15.0 Å². The van der Waals surface area contributed by atoms with E-state index < -0.39 is 5.41 Å². The average molecular weight is 733 g/mol. The lowest BCUT2D eigenvalue weighted by Crippen LogP contribution is -2.31. The number of dihydropyridines is 1. The Balaban J connectivity index is 1.10. The van der Waals surface area contributed by atoms with E-state index in [1.165, 1.54) is 66.8 Å². The van der Waals surface area contributed by atoms with Crippen LogP contribution >= 0.6 is 0 Å². The van der Waals surface area contributed by atoms with E-state index in [0.29, 0.717) is 0 Å². The summed E-state index contributed by atoms with van der Waals surface area (Å²) in [5.41, 5.74) is 21.9.